The smallest absolute Gasteiger partial charge is 0.0550 e. The average Bonchev–Trinajstić information content (AvgIpc) is 2.80. The van der Waals surface area contributed by atoms with Gasteiger partial charge in [-0.3, -0.25) is 0 Å². The van der Waals surface area contributed by atoms with Gasteiger partial charge < -0.3 is 20.4 Å². The minimum Gasteiger partial charge on any atom is -0.397 e. The summed E-state index contributed by atoms with van der Waals surface area (Å²) in [6, 6.07) is 16.9. The summed E-state index contributed by atoms with van der Waals surface area (Å²) < 4.78 is 0. The number of fused-ring (bicyclic) bond motifs is 2. The first kappa shape index (κ1) is 26.3. The fourth-order valence-electron chi connectivity index (χ4n) is 4.06. The Morgan fingerprint density at radius 3 is 1.50 bits per heavy atom. The van der Waals surface area contributed by atoms with Crippen molar-refractivity contribution in [2.45, 2.75) is 64.2 Å². The molecule has 0 fully saturated rings. The van der Waals surface area contributed by atoms with Crippen LogP contribution >= 0.6 is 0 Å². The fraction of sp³-hybridized carbons (Fsp3) is 0.538. The summed E-state index contributed by atoms with van der Waals surface area (Å²) in [5, 5.41) is 34.0. The lowest BCUT2D eigenvalue weighted by Gasteiger charge is -2.36. The van der Waals surface area contributed by atoms with E-state index in [1.165, 1.54) is 31.2 Å². The molecule has 0 aromatic heterocycles. The largest absolute Gasteiger partial charge is 0.397 e. The van der Waals surface area contributed by atoms with Gasteiger partial charge in [0.2, 0.25) is 0 Å². The third-order valence-electron chi connectivity index (χ3n) is 5.56. The SMILES string of the molecule is CCO.CCO.OCC1(CO)CCCc2ccccc21.c1ccc2c(c1)CCCC2. The van der Waals surface area contributed by atoms with E-state index in [4.69, 9.17) is 10.2 Å². The molecule has 4 nitrogen and oxygen atoms in total. The molecule has 0 saturated carbocycles. The van der Waals surface area contributed by atoms with Crippen LogP contribution in [0.4, 0.5) is 0 Å². The molecule has 0 bridgehead atoms. The lowest BCUT2D eigenvalue weighted by atomic mass is 9.71. The Morgan fingerprint density at radius 1 is 0.633 bits per heavy atom. The van der Waals surface area contributed by atoms with Gasteiger partial charge in [0.05, 0.1) is 13.2 Å². The molecule has 0 saturated heterocycles. The van der Waals surface area contributed by atoms with Crippen molar-refractivity contribution in [3.05, 3.63) is 70.8 Å². The van der Waals surface area contributed by atoms with Crippen LogP contribution in [0, 0.1) is 0 Å². The van der Waals surface area contributed by atoms with Crippen molar-refractivity contribution in [3.8, 4) is 0 Å². The fourth-order valence-corrected chi connectivity index (χ4v) is 4.06. The molecule has 0 heterocycles. The Kier molecular flexibility index (Phi) is 13.3. The zero-order chi connectivity index (χ0) is 22.2. The van der Waals surface area contributed by atoms with Gasteiger partial charge in [-0.1, -0.05) is 48.5 Å². The second kappa shape index (κ2) is 15.1. The number of hydrogen-bond acceptors (Lipinski definition) is 4. The van der Waals surface area contributed by atoms with E-state index in [0.717, 1.165) is 24.8 Å². The molecule has 0 unspecified atom stereocenters. The van der Waals surface area contributed by atoms with Crippen LogP contribution in [-0.4, -0.2) is 46.9 Å². The van der Waals surface area contributed by atoms with Crippen LogP contribution in [-0.2, 0) is 24.7 Å². The van der Waals surface area contributed by atoms with Crippen molar-refractivity contribution in [3.63, 3.8) is 0 Å². The maximum atomic E-state index is 9.43. The molecule has 0 amide bonds. The number of hydrogen-bond donors (Lipinski definition) is 4. The van der Waals surface area contributed by atoms with Crippen molar-refractivity contribution in [1.29, 1.82) is 0 Å². The van der Waals surface area contributed by atoms with Crippen LogP contribution in [0.2, 0.25) is 0 Å². The summed E-state index contributed by atoms with van der Waals surface area (Å²) in [6.07, 6.45) is 8.38. The first-order valence-electron chi connectivity index (χ1n) is 11.2. The molecule has 4 rings (SSSR count). The first-order valence-corrected chi connectivity index (χ1v) is 11.2. The molecular formula is C26H40O4. The van der Waals surface area contributed by atoms with Crippen molar-refractivity contribution in [2.24, 2.45) is 0 Å². The summed E-state index contributed by atoms with van der Waals surface area (Å²) in [4.78, 5) is 0. The number of aliphatic hydroxyl groups is 4. The van der Waals surface area contributed by atoms with E-state index in [9.17, 15) is 10.2 Å². The molecule has 0 aliphatic heterocycles. The normalized spacial score (nSPS) is 15.5. The Morgan fingerprint density at radius 2 is 1.03 bits per heavy atom. The van der Waals surface area contributed by atoms with Gasteiger partial charge in [0.1, 0.15) is 0 Å². The summed E-state index contributed by atoms with van der Waals surface area (Å²) in [6.45, 7) is 3.95. The van der Waals surface area contributed by atoms with Gasteiger partial charge in [-0.2, -0.15) is 0 Å². The lowest BCUT2D eigenvalue weighted by Crippen LogP contribution is -2.38. The summed E-state index contributed by atoms with van der Waals surface area (Å²) in [5.41, 5.74) is 5.18. The number of rotatable bonds is 2. The summed E-state index contributed by atoms with van der Waals surface area (Å²) in [5.74, 6) is 0. The maximum absolute atomic E-state index is 9.43. The van der Waals surface area contributed by atoms with Crippen LogP contribution < -0.4 is 0 Å². The van der Waals surface area contributed by atoms with Gasteiger partial charge in [0.25, 0.3) is 0 Å². The summed E-state index contributed by atoms with van der Waals surface area (Å²) in [7, 11) is 0. The zero-order valence-electron chi connectivity index (χ0n) is 18.7. The molecule has 2 aliphatic rings. The minimum absolute atomic E-state index is 0.0422. The molecule has 2 aliphatic carbocycles. The molecule has 0 atom stereocenters. The first-order chi connectivity index (χ1) is 14.6. The van der Waals surface area contributed by atoms with Gasteiger partial charge in [0.15, 0.2) is 0 Å². The summed E-state index contributed by atoms with van der Waals surface area (Å²) >= 11 is 0. The van der Waals surface area contributed by atoms with E-state index in [-0.39, 0.29) is 26.4 Å². The van der Waals surface area contributed by atoms with E-state index in [0.29, 0.717) is 0 Å². The third kappa shape index (κ3) is 7.84. The van der Waals surface area contributed by atoms with Crippen LogP contribution in [0.5, 0.6) is 0 Å². The van der Waals surface area contributed by atoms with E-state index in [1.807, 2.05) is 18.2 Å². The quantitative estimate of drug-likeness (QED) is 0.600. The van der Waals surface area contributed by atoms with Crippen LogP contribution in [0.15, 0.2) is 48.5 Å². The van der Waals surface area contributed by atoms with Crippen molar-refractivity contribution < 1.29 is 20.4 Å². The highest BCUT2D eigenvalue weighted by molar-refractivity contribution is 5.37. The third-order valence-corrected chi connectivity index (χ3v) is 5.56. The van der Waals surface area contributed by atoms with Crippen LogP contribution in [0.1, 0.15) is 61.8 Å². The standard InChI is InChI=1S/C12H16O2.C10H12.2C2H6O/c13-8-12(9-14)7-3-5-10-4-1-2-6-11(10)12;1-2-6-10-8-4-3-7-9(10)5-1;2*1-2-3/h1-2,4,6,13-14H,3,5,7-9H2;1-2,5-6H,3-4,7-8H2;2*3H,2H2,1H3. The molecule has 2 aromatic rings. The predicted octanol–water partition coefficient (Wildman–Crippen LogP) is 3.81. The molecule has 4 heteroatoms. The number of aliphatic hydroxyl groups excluding tert-OH is 4. The van der Waals surface area contributed by atoms with E-state index in [2.05, 4.69) is 30.3 Å². The van der Waals surface area contributed by atoms with Crippen molar-refractivity contribution in [2.75, 3.05) is 26.4 Å². The van der Waals surface area contributed by atoms with E-state index < -0.39 is 5.41 Å². The number of benzene rings is 2. The van der Waals surface area contributed by atoms with Crippen LogP contribution in [0.25, 0.3) is 0 Å². The monoisotopic (exact) mass is 416 g/mol. The Labute approximate surface area is 182 Å². The highest BCUT2D eigenvalue weighted by Crippen LogP contribution is 2.36. The molecule has 0 radical (unpaired) electrons. The van der Waals surface area contributed by atoms with Crippen molar-refractivity contribution >= 4 is 0 Å². The van der Waals surface area contributed by atoms with Gasteiger partial charge >= 0.3 is 0 Å². The van der Waals surface area contributed by atoms with E-state index >= 15 is 0 Å². The molecule has 0 spiro atoms. The second-order valence-electron chi connectivity index (χ2n) is 7.72. The zero-order valence-corrected chi connectivity index (χ0v) is 18.7. The molecular weight excluding hydrogens is 376 g/mol. The average molecular weight is 417 g/mol. The van der Waals surface area contributed by atoms with Gasteiger partial charge in [-0.15, -0.1) is 0 Å². The Hall–Kier alpha value is -1.72. The lowest BCUT2D eigenvalue weighted by molar-refractivity contribution is 0.102. The molecule has 4 N–H and O–H groups in total. The van der Waals surface area contributed by atoms with Gasteiger partial charge in [-0.05, 0) is 81.0 Å². The minimum atomic E-state index is -0.394. The second-order valence-corrected chi connectivity index (χ2v) is 7.72. The van der Waals surface area contributed by atoms with Crippen molar-refractivity contribution in [1.82, 2.24) is 0 Å². The Balaban J connectivity index is 0.000000245. The van der Waals surface area contributed by atoms with E-state index in [1.54, 1.807) is 25.0 Å². The molecule has 30 heavy (non-hydrogen) atoms. The molecule has 2 aromatic carbocycles. The maximum Gasteiger partial charge on any atom is 0.0550 e. The van der Waals surface area contributed by atoms with Gasteiger partial charge in [0, 0.05) is 18.6 Å². The Bertz CT molecular complexity index is 668. The predicted molar refractivity (Wildman–Crippen MR) is 124 cm³/mol. The highest BCUT2D eigenvalue weighted by atomic mass is 16.3. The molecule has 168 valence electrons. The van der Waals surface area contributed by atoms with Crippen LogP contribution in [0.3, 0.4) is 0 Å². The van der Waals surface area contributed by atoms with Gasteiger partial charge in [-0.25, -0.2) is 0 Å². The topological polar surface area (TPSA) is 80.9 Å². The number of aryl methyl sites for hydroxylation is 3. The highest BCUT2D eigenvalue weighted by Gasteiger charge is 2.35.